The van der Waals surface area contributed by atoms with Gasteiger partial charge in [-0.2, -0.15) is 10.4 Å². The number of nitriles is 1. The summed E-state index contributed by atoms with van der Waals surface area (Å²) in [6.07, 6.45) is 2.47. The standard InChI is InChI=1S/C11H17N3O/c1-9-11(8-15)10(2)14(13-9)7-5-3-4-6-12/h15H,3-5,7-8H2,1-2H3. The summed E-state index contributed by atoms with van der Waals surface area (Å²) in [7, 11) is 0. The molecule has 0 saturated carbocycles. The molecule has 0 radical (unpaired) electrons. The molecule has 0 aliphatic heterocycles. The average Bonchev–Trinajstić information content (AvgIpc) is 2.49. The maximum absolute atomic E-state index is 9.13. The molecule has 4 nitrogen and oxygen atoms in total. The van der Waals surface area contributed by atoms with Gasteiger partial charge in [-0.15, -0.1) is 0 Å². The Morgan fingerprint density at radius 2 is 2.13 bits per heavy atom. The molecule has 0 spiro atoms. The Morgan fingerprint density at radius 1 is 1.40 bits per heavy atom. The largest absolute Gasteiger partial charge is 0.392 e. The number of nitrogens with zero attached hydrogens (tertiary/aromatic N) is 3. The van der Waals surface area contributed by atoms with Gasteiger partial charge in [-0.3, -0.25) is 4.68 Å². The first-order chi connectivity index (χ1) is 7.20. The van der Waals surface area contributed by atoms with Crippen LogP contribution in [0.25, 0.3) is 0 Å². The number of hydrogen-bond acceptors (Lipinski definition) is 3. The number of aromatic nitrogens is 2. The predicted molar refractivity (Wildman–Crippen MR) is 57.1 cm³/mol. The highest BCUT2D eigenvalue weighted by Gasteiger charge is 2.09. The third kappa shape index (κ3) is 2.80. The molecule has 1 aromatic heterocycles. The van der Waals surface area contributed by atoms with Crippen LogP contribution in [-0.2, 0) is 13.2 Å². The second kappa shape index (κ2) is 5.52. The molecule has 0 aliphatic rings. The molecule has 15 heavy (non-hydrogen) atoms. The summed E-state index contributed by atoms with van der Waals surface area (Å²) in [5, 5.41) is 21.9. The zero-order chi connectivity index (χ0) is 11.3. The fraction of sp³-hybridized carbons (Fsp3) is 0.636. The van der Waals surface area contributed by atoms with E-state index in [1.807, 2.05) is 18.5 Å². The van der Waals surface area contributed by atoms with Crippen molar-refractivity contribution in [1.82, 2.24) is 9.78 Å². The van der Waals surface area contributed by atoms with Gasteiger partial charge in [-0.05, 0) is 26.7 Å². The van der Waals surface area contributed by atoms with Crippen molar-refractivity contribution in [2.24, 2.45) is 0 Å². The third-order valence-corrected chi connectivity index (χ3v) is 2.60. The second-order valence-electron chi connectivity index (χ2n) is 3.65. The summed E-state index contributed by atoms with van der Waals surface area (Å²) >= 11 is 0. The summed E-state index contributed by atoms with van der Waals surface area (Å²) in [5.41, 5.74) is 2.86. The van der Waals surface area contributed by atoms with E-state index < -0.39 is 0 Å². The molecule has 1 heterocycles. The molecule has 82 valence electrons. The van der Waals surface area contributed by atoms with E-state index in [4.69, 9.17) is 10.4 Å². The maximum Gasteiger partial charge on any atom is 0.0718 e. The molecule has 0 saturated heterocycles. The Kier molecular flexibility index (Phi) is 4.32. The molecular formula is C11H17N3O. The van der Waals surface area contributed by atoms with Crippen LogP contribution in [0.15, 0.2) is 0 Å². The first-order valence-electron chi connectivity index (χ1n) is 5.21. The Balaban J connectivity index is 2.59. The van der Waals surface area contributed by atoms with Crippen molar-refractivity contribution in [1.29, 1.82) is 5.26 Å². The van der Waals surface area contributed by atoms with Crippen LogP contribution in [0.1, 0.15) is 36.2 Å². The van der Waals surface area contributed by atoms with E-state index >= 15 is 0 Å². The van der Waals surface area contributed by atoms with Gasteiger partial charge in [0.05, 0.1) is 18.4 Å². The van der Waals surface area contributed by atoms with E-state index in [1.54, 1.807) is 0 Å². The van der Waals surface area contributed by atoms with Gasteiger partial charge in [0.1, 0.15) is 0 Å². The van der Waals surface area contributed by atoms with Gasteiger partial charge >= 0.3 is 0 Å². The van der Waals surface area contributed by atoms with E-state index in [9.17, 15) is 0 Å². The normalized spacial score (nSPS) is 10.3. The Bertz CT molecular complexity index is 363. The molecule has 0 bridgehead atoms. The number of hydrogen-bond donors (Lipinski definition) is 1. The third-order valence-electron chi connectivity index (χ3n) is 2.60. The fourth-order valence-electron chi connectivity index (χ4n) is 1.65. The molecule has 0 aliphatic carbocycles. The summed E-state index contributed by atoms with van der Waals surface area (Å²) < 4.78 is 1.91. The average molecular weight is 207 g/mol. The summed E-state index contributed by atoms with van der Waals surface area (Å²) in [5.74, 6) is 0. The minimum atomic E-state index is 0.0515. The summed E-state index contributed by atoms with van der Waals surface area (Å²) in [6, 6.07) is 2.13. The number of aliphatic hydroxyl groups excluding tert-OH is 1. The SMILES string of the molecule is Cc1nn(CCCCC#N)c(C)c1CO. The van der Waals surface area contributed by atoms with Gasteiger partial charge in [0.15, 0.2) is 0 Å². The van der Waals surface area contributed by atoms with E-state index in [0.29, 0.717) is 6.42 Å². The van der Waals surface area contributed by atoms with Crippen molar-refractivity contribution in [2.75, 3.05) is 0 Å². The minimum Gasteiger partial charge on any atom is -0.392 e. The Hall–Kier alpha value is -1.34. The zero-order valence-corrected chi connectivity index (χ0v) is 9.32. The predicted octanol–water partition coefficient (Wildman–Crippen LogP) is 1.69. The first-order valence-corrected chi connectivity index (χ1v) is 5.21. The molecule has 0 unspecified atom stereocenters. The minimum absolute atomic E-state index is 0.0515. The van der Waals surface area contributed by atoms with Crippen LogP contribution in [0.2, 0.25) is 0 Å². The molecule has 0 aromatic carbocycles. The summed E-state index contributed by atoms with van der Waals surface area (Å²) in [6.45, 7) is 4.75. The number of aryl methyl sites for hydroxylation is 2. The quantitative estimate of drug-likeness (QED) is 0.747. The highest BCUT2D eigenvalue weighted by molar-refractivity contribution is 5.23. The van der Waals surface area contributed by atoms with Gasteiger partial charge < -0.3 is 5.11 Å². The second-order valence-corrected chi connectivity index (χ2v) is 3.65. The van der Waals surface area contributed by atoms with Gasteiger partial charge in [-0.1, -0.05) is 0 Å². The van der Waals surface area contributed by atoms with Crippen molar-refractivity contribution in [2.45, 2.75) is 46.3 Å². The highest BCUT2D eigenvalue weighted by atomic mass is 16.3. The van der Waals surface area contributed by atoms with Crippen LogP contribution in [0, 0.1) is 25.2 Å². The lowest BCUT2D eigenvalue weighted by Gasteiger charge is -2.03. The van der Waals surface area contributed by atoms with Crippen molar-refractivity contribution in [3.8, 4) is 6.07 Å². The first kappa shape index (κ1) is 11.7. The van der Waals surface area contributed by atoms with Crippen LogP contribution >= 0.6 is 0 Å². The monoisotopic (exact) mass is 207 g/mol. The Labute approximate surface area is 90.1 Å². The fourth-order valence-corrected chi connectivity index (χ4v) is 1.65. The van der Waals surface area contributed by atoms with Crippen molar-refractivity contribution >= 4 is 0 Å². The van der Waals surface area contributed by atoms with Crippen LogP contribution in [0.3, 0.4) is 0 Å². The van der Waals surface area contributed by atoms with Crippen LogP contribution < -0.4 is 0 Å². The van der Waals surface area contributed by atoms with Crippen molar-refractivity contribution in [3.63, 3.8) is 0 Å². The smallest absolute Gasteiger partial charge is 0.0718 e. The van der Waals surface area contributed by atoms with Crippen LogP contribution in [0.4, 0.5) is 0 Å². The van der Waals surface area contributed by atoms with Gasteiger partial charge in [-0.25, -0.2) is 0 Å². The zero-order valence-electron chi connectivity index (χ0n) is 9.32. The molecule has 0 amide bonds. The lowest BCUT2D eigenvalue weighted by atomic mass is 10.2. The van der Waals surface area contributed by atoms with E-state index in [-0.39, 0.29) is 6.61 Å². The molecule has 1 aromatic rings. The van der Waals surface area contributed by atoms with Crippen molar-refractivity contribution < 1.29 is 5.11 Å². The molecule has 1 rings (SSSR count). The number of rotatable bonds is 5. The van der Waals surface area contributed by atoms with Gasteiger partial charge in [0.25, 0.3) is 0 Å². The molecule has 0 fully saturated rings. The molecule has 0 atom stereocenters. The van der Waals surface area contributed by atoms with E-state index in [1.165, 1.54) is 0 Å². The van der Waals surface area contributed by atoms with E-state index in [2.05, 4.69) is 11.2 Å². The van der Waals surface area contributed by atoms with Crippen molar-refractivity contribution in [3.05, 3.63) is 17.0 Å². The molecule has 1 N–H and O–H groups in total. The molecule has 4 heteroatoms. The summed E-state index contributed by atoms with van der Waals surface area (Å²) in [4.78, 5) is 0. The number of unbranched alkanes of at least 4 members (excludes halogenated alkanes) is 2. The van der Waals surface area contributed by atoms with Crippen LogP contribution in [-0.4, -0.2) is 14.9 Å². The topological polar surface area (TPSA) is 61.8 Å². The molecular weight excluding hydrogens is 190 g/mol. The van der Waals surface area contributed by atoms with Gasteiger partial charge in [0, 0.05) is 24.2 Å². The van der Waals surface area contributed by atoms with Gasteiger partial charge in [0.2, 0.25) is 0 Å². The highest BCUT2D eigenvalue weighted by Crippen LogP contribution is 2.13. The number of aliphatic hydroxyl groups is 1. The van der Waals surface area contributed by atoms with Crippen LogP contribution in [0.5, 0.6) is 0 Å². The maximum atomic E-state index is 9.13. The van der Waals surface area contributed by atoms with E-state index in [0.717, 1.165) is 36.3 Å². The lowest BCUT2D eigenvalue weighted by Crippen LogP contribution is -2.03. The Morgan fingerprint density at radius 3 is 2.67 bits per heavy atom. The lowest BCUT2D eigenvalue weighted by molar-refractivity contribution is 0.280.